The summed E-state index contributed by atoms with van der Waals surface area (Å²) < 4.78 is 50.2. The quantitative estimate of drug-likeness (QED) is 0.497. The van der Waals surface area contributed by atoms with E-state index < -0.39 is 31.2 Å². The predicted octanol–water partition coefficient (Wildman–Crippen LogP) is 2.34. The van der Waals surface area contributed by atoms with Crippen LogP contribution in [-0.2, 0) is 6.42 Å². The van der Waals surface area contributed by atoms with E-state index in [1.807, 2.05) is 0 Å². The molecule has 3 N–H and O–H groups in total. The van der Waals surface area contributed by atoms with Crippen molar-refractivity contribution < 1.29 is 27.2 Å². The Morgan fingerprint density at radius 3 is 2.36 bits per heavy atom. The fourth-order valence-electron chi connectivity index (χ4n) is 2.53. The Balaban J connectivity index is 2.18. The van der Waals surface area contributed by atoms with Gasteiger partial charge in [0.2, 0.25) is 0 Å². The number of alkyl halides is 4. The molecular weight excluding hydrogens is 382 g/mol. The van der Waals surface area contributed by atoms with Crippen LogP contribution in [0.15, 0.2) is 24.3 Å². The van der Waals surface area contributed by atoms with Crippen LogP contribution in [0.1, 0.15) is 45.8 Å². The molecule has 0 saturated heterocycles. The first-order chi connectivity index (χ1) is 13.2. The van der Waals surface area contributed by atoms with Crippen molar-refractivity contribution in [2.75, 3.05) is 13.2 Å². The number of carbonyl (C=O) groups excluding carboxylic acids is 2. The Morgan fingerprint density at radius 2 is 1.79 bits per heavy atom. The molecule has 0 aliphatic carbocycles. The lowest BCUT2D eigenvalue weighted by Gasteiger charge is -2.10. The van der Waals surface area contributed by atoms with Gasteiger partial charge in [-0.15, -0.1) is 5.10 Å². The molecule has 2 rings (SSSR count). The summed E-state index contributed by atoms with van der Waals surface area (Å²) in [5, 5.41) is 9.44. The van der Waals surface area contributed by atoms with Crippen LogP contribution in [-0.4, -0.2) is 46.2 Å². The molecule has 1 heterocycles. The van der Waals surface area contributed by atoms with Crippen molar-refractivity contribution in [1.29, 1.82) is 0 Å². The largest absolute Gasteiger partial charge is 0.405 e. The number of nitrogens with zero attached hydrogens (tertiary/aromatic N) is 3. The first-order valence-electron chi connectivity index (χ1n) is 8.48. The first kappa shape index (κ1) is 21.3. The van der Waals surface area contributed by atoms with E-state index in [4.69, 9.17) is 5.73 Å². The van der Waals surface area contributed by atoms with E-state index >= 15 is 0 Å². The Labute approximate surface area is 157 Å². The number of hydrogen-bond acceptors (Lipinski definition) is 4. The molecule has 0 radical (unpaired) electrons. The fourth-order valence-corrected chi connectivity index (χ4v) is 2.53. The van der Waals surface area contributed by atoms with E-state index in [1.165, 1.54) is 28.9 Å². The number of benzene rings is 1. The first-order valence-corrected chi connectivity index (χ1v) is 8.48. The SMILES string of the molecule is NC(=O)c1nnn(-c2ccc(C(=O)NCC(F)(F)F)cc2)c1CCCCCF. The molecule has 7 nitrogen and oxygen atoms in total. The lowest BCUT2D eigenvalue weighted by Crippen LogP contribution is -2.33. The van der Waals surface area contributed by atoms with Crippen LogP contribution < -0.4 is 11.1 Å². The summed E-state index contributed by atoms with van der Waals surface area (Å²) in [5.74, 6) is -1.62. The molecule has 0 saturated carbocycles. The summed E-state index contributed by atoms with van der Waals surface area (Å²) in [4.78, 5) is 23.3. The van der Waals surface area contributed by atoms with E-state index in [0.717, 1.165) is 0 Å². The fraction of sp³-hybridized carbons (Fsp3) is 0.412. The van der Waals surface area contributed by atoms with Gasteiger partial charge in [-0.2, -0.15) is 13.2 Å². The normalized spacial score (nSPS) is 11.4. The Bertz CT molecular complexity index is 818. The monoisotopic (exact) mass is 401 g/mol. The van der Waals surface area contributed by atoms with Crippen molar-refractivity contribution in [1.82, 2.24) is 20.3 Å². The Morgan fingerprint density at radius 1 is 1.11 bits per heavy atom. The molecule has 1 aromatic carbocycles. The summed E-state index contributed by atoms with van der Waals surface area (Å²) in [5.41, 5.74) is 6.23. The minimum atomic E-state index is -4.50. The van der Waals surface area contributed by atoms with Crippen molar-refractivity contribution in [3.8, 4) is 5.69 Å². The third kappa shape index (κ3) is 5.76. The molecule has 2 amide bonds. The summed E-state index contributed by atoms with van der Waals surface area (Å²) >= 11 is 0. The highest BCUT2D eigenvalue weighted by atomic mass is 19.4. The number of nitrogens with two attached hydrogens (primary N) is 1. The average Bonchev–Trinajstić information content (AvgIpc) is 3.07. The second-order valence-corrected chi connectivity index (χ2v) is 6.01. The van der Waals surface area contributed by atoms with Gasteiger partial charge in [0.05, 0.1) is 18.1 Å². The van der Waals surface area contributed by atoms with Gasteiger partial charge in [-0.3, -0.25) is 14.0 Å². The molecule has 0 fully saturated rings. The summed E-state index contributed by atoms with van der Waals surface area (Å²) in [6, 6.07) is 5.60. The lowest BCUT2D eigenvalue weighted by molar-refractivity contribution is -0.123. The predicted molar refractivity (Wildman–Crippen MR) is 91.8 cm³/mol. The second kappa shape index (κ2) is 9.29. The molecule has 2 aromatic rings. The average molecular weight is 401 g/mol. The zero-order valence-corrected chi connectivity index (χ0v) is 14.8. The van der Waals surface area contributed by atoms with E-state index in [-0.39, 0.29) is 11.3 Å². The molecule has 0 atom stereocenters. The molecule has 0 aliphatic heterocycles. The number of rotatable bonds is 9. The van der Waals surface area contributed by atoms with Gasteiger partial charge in [0.15, 0.2) is 5.69 Å². The molecule has 0 spiro atoms. The van der Waals surface area contributed by atoms with Crippen molar-refractivity contribution in [2.45, 2.75) is 31.9 Å². The maximum Gasteiger partial charge on any atom is 0.405 e. The number of unbranched alkanes of at least 4 members (excludes halogenated alkanes) is 2. The van der Waals surface area contributed by atoms with Crippen molar-refractivity contribution in [3.05, 3.63) is 41.2 Å². The van der Waals surface area contributed by atoms with E-state index in [0.29, 0.717) is 37.1 Å². The van der Waals surface area contributed by atoms with Crippen LogP contribution in [0.3, 0.4) is 0 Å². The lowest BCUT2D eigenvalue weighted by atomic mass is 10.1. The van der Waals surface area contributed by atoms with Gasteiger partial charge in [0, 0.05) is 5.56 Å². The molecule has 1 aromatic heterocycles. The van der Waals surface area contributed by atoms with Gasteiger partial charge < -0.3 is 11.1 Å². The van der Waals surface area contributed by atoms with Gasteiger partial charge in [-0.1, -0.05) is 11.6 Å². The maximum absolute atomic E-state index is 12.2. The Hall–Kier alpha value is -2.98. The minimum absolute atomic E-state index is 0.00718. The summed E-state index contributed by atoms with van der Waals surface area (Å²) in [6.45, 7) is -1.86. The third-order valence-corrected chi connectivity index (χ3v) is 3.87. The van der Waals surface area contributed by atoms with Gasteiger partial charge >= 0.3 is 6.18 Å². The summed E-state index contributed by atoms with van der Waals surface area (Å²) in [6.07, 6.45) is -2.51. The molecule has 0 bridgehead atoms. The number of primary amides is 1. The van der Waals surface area contributed by atoms with E-state index in [2.05, 4.69) is 10.3 Å². The number of aromatic nitrogens is 3. The van der Waals surface area contributed by atoms with Gasteiger partial charge in [0.25, 0.3) is 11.8 Å². The Kier molecular flexibility index (Phi) is 7.07. The smallest absolute Gasteiger partial charge is 0.364 e. The van der Waals surface area contributed by atoms with Gasteiger partial charge in [0.1, 0.15) is 6.54 Å². The van der Waals surface area contributed by atoms with Crippen LogP contribution >= 0.6 is 0 Å². The highest BCUT2D eigenvalue weighted by molar-refractivity contribution is 5.94. The maximum atomic E-state index is 12.2. The second-order valence-electron chi connectivity index (χ2n) is 6.01. The number of hydrogen-bond donors (Lipinski definition) is 2. The van der Waals surface area contributed by atoms with Crippen molar-refractivity contribution in [2.24, 2.45) is 5.73 Å². The molecule has 11 heteroatoms. The van der Waals surface area contributed by atoms with Gasteiger partial charge in [-0.05, 0) is 43.5 Å². The molecule has 0 aliphatic rings. The van der Waals surface area contributed by atoms with Crippen LogP contribution in [0.2, 0.25) is 0 Å². The number of amides is 2. The van der Waals surface area contributed by atoms with Crippen molar-refractivity contribution >= 4 is 11.8 Å². The van der Waals surface area contributed by atoms with Crippen LogP contribution in [0.5, 0.6) is 0 Å². The molecule has 28 heavy (non-hydrogen) atoms. The van der Waals surface area contributed by atoms with Gasteiger partial charge in [-0.25, -0.2) is 4.68 Å². The molecular formula is C17H19F4N5O2. The number of halogens is 4. The molecule has 152 valence electrons. The van der Waals surface area contributed by atoms with Crippen LogP contribution in [0, 0.1) is 0 Å². The third-order valence-electron chi connectivity index (χ3n) is 3.87. The highest BCUT2D eigenvalue weighted by Crippen LogP contribution is 2.17. The topological polar surface area (TPSA) is 103 Å². The number of carbonyl (C=O) groups is 2. The zero-order valence-electron chi connectivity index (χ0n) is 14.8. The number of nitrogens with one attached hydrogen (secondary N) is 1. The standard InChI is InChI=1S/C17H19F4N5O2/c18-9-3-1-2-4-13-14(15(22)27)24-25-26(13)12-7-5-11(6-8-12)16(28)23-10-17(19,20)21/h5-8H,1-4,9-10H2,(H2,22,27)(H,23,28). The van der Waals surface area contributed by atoms with Crippen molar-refractivity contribution in [3.63, 3.8) is 0 Å². The highest BCUT2D eigenvalue weighted by Gasteiger charge is 2.28. The van der Waals surface area contributed by atoms with E-state index in [1.54, 1.807) is 5.32 Å². The molecule has 0 unspecified atom stereocenters. The summed E-state index contributed by atoms with van der Waals surface area (Å²) in [7, 11) is 0. The van der Waals surface area contributed by atoms with E-state index in [9.17, 15) is 27.2 Å². The minimum Gasteiger partial charge on any atom is -0.364 e. The van der Waals surface area contributed by atoms with Crippen LogP contribution in [0.25, 0.3) is 5.69 Å². The van der Waals surface area contributed by atoms with Crippen LogP contribution in [0.4, 0.5) is 17.6 Å². The zero-order chi connectivity index (χ0) is 20.7.